The molecule has 10 heteroatoms. The Balaban J connectivity index is 1.37. The maximum absolute atomic E-state index is 13.2. The number of carbonyl (C=O) groups is 2. The minimum absolute atomic E-state index is 0.153. The lowest BCUT2D eigenvalue weighted by molar-refractivity contribution is 0.0650. The van der Waals surface area contributed by atoms with Gasteiger partial charge in [-0.05, 0) is 75.5 Å². The zero-order valence-corrected chi connectivity index (χ0v) is 22.1. The van der Waals surface area contributed by atoms with E-state index in [1.165, 1.54) is 15.6 Å². The molecule has 0 aromatic heterocycles. The molecule has 194 valence electrons. The first kappa shape index (κ1) is 26.8. The van der Waals surface area contributed by atoms with E-state index in [1.54, 1.807) is 48.5 Å². The van der Waals surface area contributed by atoms with E-state index in [0.29, 0.717) is 35.2 Å². The number of nitrogens with one attached hydrogen (secondary N) is 1. The Labute approximate surface area is 218 Å². The number of benzene rings is 2. The van der Waals surface area contributed by atoms with Gasteiger partial charge in [0, 0.05) is 37.2 Å². The normalized spacial score (nSPS) is 18.4. The molecule has 0 unspecified atom stereocenters. The van der Waals surface area contributed by atoms with Crippen molar-refractivity contribution >= 4 is 33.6 Å². The highest BCUT2D eigenvalue weighted by atomic mass is 35.5. The highest BCUT2D eigenvalue weighted by Crippen LogP contribution is 2.23. The topological polar surface area (TPSA) is 90.0 Å². The molecule has 1 atom stereocenters. The molecule has 2 heterocycles. The number of hydrogen-bond acceptors (Lipinski definition) is 5. The number of carbonyl (C=O) groups excluding carboxylic acids is 2. The van der Waals surface area contributed by atoms with Crippen LogP contribution < -0.4 is 4.72 Å². The average molecular weight is 533 g/mol. The number of amides is 2. The monoisotopic (exact) mass is 532 g/mol. The maximum Gasteiger partial charge on any atom is 0.279 e. The van der Waals surface area contributed by atoms with Gasteiger partial charge in [0.25, 0.3) is 22.0 Å². The molecular weight excluding hydrogens is 500 g/mol. The molecule has 36 heavy (non-hydrogen) atoms. The molecule has 0 aliphatic carbocycles. The van der Waals surface area contributed by atoms with Crippen LogP contribution in [-0.2, 0) is 16.8 Å². The van der Waals surface area contributed by atoms with Crippen LogP contribution in [0.1, 0.15) is 58.4 Å². The van der Waals surface area contributed by atoms with Gasteiger partial charge in [0.1, 0.15) is 0 Å². The van der Waals surface area contributed by atoms with Crippen LogP contribution in [0.4, 0.5) is 0 Å². The molecule has 1 saturated heterocycles. The lowest BCUT2D eigenvalue weighted by Gasteiger charge is -2.25. The summed E-state index contributed by atoms with van der Waals surface area (Å²) < 4.78 is 30.6. The SMILES string of the molecule is CN1CCC[C@H]1CCCN(CCCN1C(=O)c2ccccc2C1=O)S(=O)(=O)NCc1ccc(Cl)cc1. The lowest BCUT2D eigenvalue weighted by Crippen LogP contribution is -2.43. The Morgan fingerprint density at radius 2 is 1.64 bits per heavy atom. The number of halogens is 1. The molecule has 2 aliphatic heterocycles. The second-order valence-electron chi connectivity index (χ2n) is 9.43. The van der Waals surface area contributed by atoms with Crippen molar-refractivity contribution in [3.05, 3.63) is 70.2 Å². The minimum Gasteiger partial charge on any atom is -0.303 e. The van der Waals surface area contributed by atoms with Gasteiger partial charge in [0.05, 0.1) is 11.1 Å². The van der Waals surface area contributed by atoms with Crippen LogP contribution in [0.2, 0.25) is 5.02 Å². The van der Waals surface area contributed by atoms with E-state index in [4.69, 9.17) is 11.6 Å². The molecular formula is C26H33ClN4O4S. The summed E-state index contributed by atoms with van der Waals surface area (Å²) >= 11 is 5.93. The van der Waals surface area contributed by atoms with E-state index in [1.807, 2.05) is 0 Å². The van der Waals surface area contributed by atoms with Crippen molar-refractivity contribution in [3.8, 4) is 0 Å². The fourth-order valence-corrected chi connectivity index (χ4v) is 6.31. The van der Waals surface area contributed by atoms with Crippen LogP contribution in [0, 0.1) is 0 Å². The molecule has 2 aromatic rings. The smallest absolute Gasteiger partial charge is 0.279 e. The first-order chi connectivity index (χ1) is 17.3. The van der Waals surface area contributed by atoms with Crippen molar-refractivity contribution in [1.29, 1.82) is 0 Å². The second kappa shape index (κ2) is 11.8. The summed E-state index contributed by atoms with van der Waals surface area (Å²) in [5.74, 6) is -0.648. The van der Waals surface area contributed by atoms with Gasteiger partial charge in [0.2, 0.25) is 0 Å². The highest BCUT2D eigenvalue weighted by molar-refractivity contribution is 7.87. The van der Waals surface area contributed by atoms with Crippen LogP contribution in [0.25, 0.3) is 0 Å². The van der Waals surface area contributed by atoms with Gasteiger partial charge in [0.15, 0.2) is 0 Å². The summed E-state index contributed by atoms with van der Waals surface area (Å²) in [6.07, 6.45) is 4.34. The van der Waals surface area contributed by atoms with Crippen LogP contribution in [0.3, 0.4) is 0 Å². The van der Waals surface area contributed by atoms with Gasteiger partial charge >= 0.3 is 0 Å². The first-order valence-corrected chi connectivity index (χ1v) is 14.2. The third kappa shape index (κ3) is 6.33. The fourth-order valence-electron chi connectivity index (χ4n) is 4.91. The van der Waals surface area contributed by atoms with Gasteiger partial charge in [-0.1, -0.05) is 35.9 Å². The number of likely N-dealkylation sites (tertiary alicyclic amines) is 1. The van der Waals surface area contributed by atoms with Crippen molar-refractivity contribution in [2.24, 2.45) is 0 Å². The van der Waals surface area contributed by atoms with E-state index < -0.39 is 10.2 Å². The van der Waals surface area contributed by atoms with E-state index in [2.05, 4.69) is 16.7 Å². The van der Waals surface area contributed by atoms with Crippen molar-refractivity contribution in [2.75, 3.05) is 33.2 Å². The molecule has 2 amide bonds. The number of imide groups is 1. The zero-order chi connectivity index (χ0) is 25.7. The molecule has 4 rings (SSSR count). The van der Waals surface area contributed by atoms with Crippen molar-refractivity contribution in [3.63, 3.8) is 0 Å². The predicted molar refractivity (Wildman–Crippen MR) is 140 cm³/mol. The van der Waals surface area contributed by atoms with Gasteiger partial charge in [-0.15, -0.1) is 0 Å². The van der Waals surface area contributed by atoms with Crippen LogP contribution in [-0.4, -0.2) is 73.6 Å². The van der Waals surface area contributed by atoms with E-state index in [0.717, 1.165) is 31.4 Å². The lowest BCUT2D eigenvalue weighted by atomic mass is 10.1. The van der Waals surface area contributed by atoms with Crippen molar-refractivity contribution in [2.45, 2.75) is 44.7 Å². The van der Waals surface area contributed by atoms with Crippen molar-refractivity contribution in [1.82, 2.24) is 18.8 Å². The summed E-state index contributed by atoms with van der Waals surface area (Å²) in [5, 5.41) is 0.591. The Bertz CT molecular complexity index is 1150. The zero-order valence-electron chi connectivity index (χ0n) is 20.5. The summed E-state index contributed by atoms with van der Waals surface area (Å²) in [5.41, 5.74) is 1.61. The number of nitrogens with zero attached hydrogens (tertiary/aromatic N) is 3. The summed E-state index contributed by atoms with van der Waals surface area (Å²) in [4.78, 5) is 28.9. The molecule has 0 bridgehead atoms. The van der Waals surface area contributed by atoms with Gasteiger partial charge in [-0.25, -0.2) is 0 Å². The molecule has 0 spiro atoms. The van der Waals surface area contributed by atoms with Crippen LogP contribution in [0.15, 0.2) is 48.5 Å². The molecule has 0 saturated carbocycles. The van der Waals surface area contributed by atoms with Gasteiger partial charge < -0.3 is 4.90 Å². The van der Waals surface area contributed by atoms with Crippen LogP contribution >= 0.6 is 11.6 Å². The molecule has 1 fully saturated rings. The van der Waals surface area contributed by atoms with Crippen molar-refractivity contribution < 1.29 is 18.0 Å². The van der Waals surface area contributed by atoms with Gasteiger partial charge in [-0.2, -0.15) is 17.4 Å². The number of rotatable bonds is 12. The van der Waals surface area contributed by atoms with Crippen LogP contribution in [0.5, 0.6) is 0 Å². The molecule has 8 nitrogen and oxygen atoms in total. The van der Waals surface area contributed by atoms with E-state index in [9.17, 15) is 18.0 Å². The highest BCUT2D eigenvalue weighted by Gasteiger charge is 2.35. The van der Waals surface area contributed by atoms with Gasteiger partial charge in [-0.3, -0.25) is 14.5 Å². The summed E-state index contributed by atoms with van der Waals surface area (Å²) in [6.45, 7) is 1.99. The van der Waals surface area contributed by atoms with E-state index >= 15 is 0 Å². The Kier molecular flexibility index (Phi) is 8.79. The molecule has 2 aromatic carbocycles. The standard InChI is InChI=1S/C26H33ClN4O4S/c1-29-15-4-7-22(29)8-5-16-30(36(34,35)28-19-20-11-13-21(27)14-12-20)17-6-18-31-25(32)23-9-2-3-10-24(23)26(31)33/h2-3,9-14,22,28H,4-8,15-19H2,1H3/t22-/m0/s1. The maximum atomic E-state index is 13.2. The average Bonchev–Trinajstić information content (AvgIpc) is 3.38. The predicted octanol–water partition coefficient (Wildman–Crippen LogP) is 3.54. The number of hydrogen-bond donors (Lipinski definition) is 1. The molecule has 1 N–H and O–H groups in total. The third-order valence-corrected chi connectivity index (χ3v) is 8.80. The quantitative estimate of drug-likeness (QED) is 0.422. The first-order valence-electron chi connectivity index (χ1n) is 12.4. The molecule has 2 aliphatic rings. The Morgan fingerprint density at radius 1 is 1.00 bits per heavy atom. The fraction of sp³-hybridized carbons (Fsp3) is 0.462. The largest absolute Gasteiger partial charge is 0.303 e. The molecule has 0 radical (unpaired) electrons. The summed E-state index contributed by atoms with van der Waals surface area (Å²) in [6, 6.07) is 14.3. The second-order valence-corrected chi connectivity index (χ2v) is 11.6. The van der Waals surface area contributed by atoms with E-state index in [-0.39, 0.29) is 31.4 Å². The Hall–Kier alpha value is -2.30. The summed E-state index contributed by atoms with van der Waals surface area (Å²) in [7, 11) is -1.66. The number of fused-ring (bicyclic) bond motifs is 1. The third-order valence-electron chi connectivity index (χ3n) is 7.00. The Morgan fingerprint density at radius 3 is 2.25 bits per heavy atom. The minimum atomic E-state index is -3.77.